The SMILES string of the molecule is CC1CCN(Cc2ccccc2C#CCCO)C1CO. The van der Waals surface area contributed by atoms with Gasteiger partial charge in [-0.3, -0.25) is 4.90 Å². The quantitative estimate of drug-likeness (QED) is 0.819. The van der Waals surface area contributed by atoms with E-state index in [9.17, 15) is 5.11 Å². The van der Waals surface area contributed by atoms with Crippen LogP contribution in [0.1, 0.15) is 30.9 Å². The second-order valence-electron chi connectivity index (χ2n) is 5.42. The lowest BCUT2D eigenvalue weighted by atomic mass is 10.0. The molecule has 0 radical (unpaired) electrons. The molecule has 2 atom stereocenters. The summed E-state index contributed by atoms with van der Waals surface area (Å²) in [4.78, 5) is 2.34. The highest BCUT2D eigenvalue weighted by Crippen LogP contribution is 2.26. The first-order valence-corrected chi connectivity index (χ1v) is 7.28. The Balaban J connectivity index is 2.12. The third kappa shape index (κ3) is 3.61. The molecule has 1 aromatic rings. The minimum absolute atomic E-state index is 0.103. The van der Waals surface area contributed by atoms with E-state index in [-0.39, 0.29) is 19.3 Å². The fraction of sp³-hybridized carbons (Fsp3) is 0.529. The van der Waals surface area contributed by atoms with Crippen LogP contribution in [0, 0.1) is 17.8 Å². The van der Waals surface area contributed by atoms with Gasteiger partial charge in [-0.15, -0.1) is 0 Å². The van der Waals surface area contributed by atoms with Gasteiger partial charge in [-0.05, 0) is 30.5 Å². The monoisotopic (exact) mass is 273 g/mol. The molecule has 1 fully saturated rings. The summed E-state index contributed by atoms with van der Waals surface area (Å²) in [5.74, 6) is 6.66. The van der Waals surface area contributed by atoms with Gasteiger partial charge in [-0.2, -0.15) is 0 Å². The molecule has 1 aliphatic rings. The predicted molar refractivity (Wildman–Crippen MR) is 80.1 cm³/mol. The summed E-state index contributed by atoms with van der Waals surface area (Å²) < 4.78 is 0. The van der Waals surface area contributed by atoms with E-state index in [1.807, 2.05) is 18.2 Å². The van der Waals surface area contributed by atoms with Gasteiger partial charge in [0.25, 0.3) is 0 Å². The molecular formula is C17H23NO2. The third-order valence-electron chi connectivity index (χ3n) is 4.04. The molecule has 1 aliphatic heterocycles. The van der Waals surface area contributed by atoms with Crippen molar-refractivity contribution in [3.8, 4) is 11.8 Å². The standard InChI is InChI=1S/C17H23NO2/c1-14-9-10-18(17(14)13-20)12-16-8-3-2-6-15(16)7-4-5-11-19/h2-3,6,8,14,17,19-20H,5,9-13H2,1H3. The van der Waals surface area contributed by atoms with E-state index in [1.165, 1.54) is 5.56 Å². The molecule has 0 amide bonds. The van der Waals surface area contributed by atoms with Gasteiger partial charge in [0.15, 0.2) is 0 Å². The highest BCUT2D eigenvalue weighted by Gasteiger charge is 2.30. The summed E-state index contributed by atoms with van der Waals surface area (Å²) in [7, 11) is 0. The van der Waals surface area contributed by atoms with Crippen LogP contribution in [-0.4, -0.2) is 40.9 Å². The first-order valence-electron chi connectivity index (χ1n) is 7.28. The normalized spacial score (nSPS) is 22.6. The van der Waals surface area contributed by atoms with Crippen LogP contribution in [0.2, 0.25) is 0 Å². The van der Waals surface area contributed by atoms with Crippen molar-refractivity contribution in [2.75, 3.05) is 19.8 Å². The molecule has 3 heteroatoms. The predicted octanol–water partition coefficient (Wildman–Crippen LogP) is 1.62. The Morgan fingerprint density at radius 1 is 1.30 bits per heavy atom. The van der Waals surface area contributed by atoms with Gasteiger partial charge in [0.1, 0.15) is 0 Å². The zero-order valence-electron chi connectivity index (χ0n) is 12.0. The number of hydrogen-bond donors (Lipinski definition) is 2. The number of aliphatic hydroxyl groups excluding tert-OH is 2. The molecule has 2 unspecified atom stereocenters. The summed E-state index contributed by atoms with van der Waals surface area (Å²) >= 11 is 0. The molecular weight excluding hydrogens is 250 g/mol. The maximum Gasteiger partial charge on any atom is 0.0589 e. The van der Waals surface area contributed by atoms with Gasteiger partial charge in [0, 0.05) is 24.6 Å². The second-order valence-corrected chi connectivity index (χ2v) is 5.42. The van der Waals surface area contributed by atoms with Crippen molar-refractivity contribution in [1.82, 2.24) is 4.90 Å². The van der Waals surface area contributed by atoms with Crippen LogP contribution in [0.15, 0.2) is 24.3 Å². The zero-order valence-corrected chi connectivity index (χ0v) is 12.0. The molecule has 1 aromatic carbocycles. The summed E-state index contributed by atoms with van der Waals surface area (Å²) in [6.07, 6.45) is 1.65. The number of aliphatic hydroxyl groups is 2. The summed E-state index contributed by atoms with van der Waals surface area (Å²) in [6.45, 7) is 4.39. The molecule has 0 aromatic heterocycles. The largest absolute Gasteiger partial charge is 0.395 e. The number of nitrogens with zero attached hydrogens (tertiary/aromatic N) is 1. The molecule has 2 N–H and O–H groups in total. The van der Waals surface area contributed by atoms with Crippen molar-refractivity contribution >= 4 is 0 Å². The first-order chi connectivity index (χ1) is 9.76. The Bertz CT molecular complexity index is 489. The second kappa shape index (κ2) is 7.44. The van der Waals surface area contributed by atoms with Crippen molar-refractivity contribution in [3.63, 3.8) is 0 Å². The van der Waals surface area contributed by atoms with Crippen LogP contribution >= 0.6 is 0 Å². The topological polar surface area (TPSA) is 43.7 Å². The van der Waals surface area contributed by atoms with E-state index < -0.39 is 0 Å². The van der Waals surface area contributed by atoms with Crippen molar-refractivity contribution < 1.29 is 10.2 Å². The van der Waals surface area contributed by atoms with Gasteiger partial charge in [0.2, 0.25) is 0 Å². The lowest BCUT2D eigenvalue weighted by molar-refractivity contribution is 0.134. The van der Waals surface area contributed by atoms with Crippen LogP contribution < -0.4 is 0 Å². The fourth-order valence-corrected chi connectivity index (χ4v) is 2.79. The van der Waals surface area contributed by atoms with Crippen LogP contribution in [0.4, 0.5) is 0 Å². The fourth-order valence-electron chi connectivity index (χ4n) is 2.79. The Morgan fingerprint density at radius 3 is 2.85 bits per heavy atom. The number of likely N-dealkylation sites (tertiary alicyclic amines) is 1. The van der Waals surface area contributed by atoms with Crippen molar-refractivity contribution in [2.45, 2.75) is 32.4 Å². The molecule has 0 bridgehead atoms. The van der Waals surface area contributed by atoms with E-state index in [1.54, 1.807) is 0 Å². The van der Waals surface area contributed by atoms with E-state index in [4.69, 9.17) is 5.11 Å². The van der Waals surface area contributed by atoms with Crippen LogP contribution in [0.3, 0.4) is 0 Å². The third-order valence-corrected chi connectivity index (χ3v) is 4.04. The van der Waals surface area contributed by atoms with Gasteiger partial charge < -0.3 is 10.2 Å². The maximum absolute atomic E-state index is 9.53. The molecule has 0 aliphatic carbocycles. The average molecular weight is 273 g/mol. The van der Waals surface area contributed by atoms with E-state index in [0.29, 0.717) is 12.3 Å². The lowest BCUT2D eigenvalue weighted by Crippen LogP contribution is -2.34. The highest BCUT2D eigenvalue weighted by atomic mass is 16.3. The van der Waals surface area contributed by atoms with Crippen molar-refractivity contribution in [3.05, 3.63) is 35.4 Å². The number of rotatable bonds is 4. The summed E-state index contributed by atoms with van der Waals surface area (Å²) in [5.41, 5.74) is 2.22. The Morgan fingerprint density at radius 2 is 2.10 bits per heavy atom. The minimum Gasteiger partial charge on any atom is -0.395 e. The Hall–Kier alpha value is -1.34. The molecule has 2 rings (SSSR count). The zero-order chi connectivity index (χ0) is 14.4. The molecule has 20 heavy (non-hydrogen) atoms. The molecule has 1 heterocycles. The molecule has 108 valence electrons. The lowest BCUT2D eigenvalue weighted by Gasteiger charge is -2.25. The highest BCUT2D eigenvalue weighted by molar-refractivity contribution is 5.41. The van der Waals surface area contributed by atoms with Crippen molar-refractivity contribution in [2.24, 2.45) is 5.92 Å². The van der Waals surface area contributed by atoms with Crippen molar-refractivity contribution in [1.29, 1.82) is 0 Å². The first kappa shape index (κ1) is 15.1. The van der Waals surface area contributed by atoms with Crippen LogP contribution in [0.25, 0.3) is 0 Å². The van der Waals surface area contributed by atoms with E-state index in [0.717, 1.165) is 25.1 Å². The molecule has 3 nitrogen and oxygen atoms in total. The number of hydrogen-bond acceptors (Lipinski definition) is 3. The smallest absolute Gasteiger partial charge is 0.0589 e. The summed E-state index contributed by atoms with van der Waals surface area (Å²) in [5, 5.41) is 18.3. The minimum atomic E-state index is 0.103. The van der Waals surface area contributed by atoms with Gasteiger partial charge in [0.05, 0.1) is 13.2 Å². The van der Waals surface area contributed by atoms with Gasteiger partial charge >= 0.3 is 0 Å². The Kier molecular flexibility index (Phi) is 5.60. The molecule has 1 saturated heterocycles. The number of benzene rings is 1. The maximum atomic E-state index is 9.53. The van der Waals surface area contributed by atoms with E-state index in [2.05, 4.69) is 29.7 Å². The molecule has 0 spiro atoms. The van der Waals surface area contributed by atoms with Gasteiger partial charge in [-0.1, -0.05) is 37.0 Å². The average Bonchev–Trinajstić information content (AvgIpc) is 2.81. The van der Waals surface area contributed by atoms with Crippen LogP contribution in [-0.2, 0) is 6.54 Å². The van der Waals surface area contributed by atoms with E-state index >= 15 is 0 Å². The van der Waals surface area contributed by atoms with Crippen LogP contribution in [0.5, 0.6) is 0 Å². The molecule has 0 saturated carbocycles. The summed E-state index contributed by atoms with van der Waals surface area (Å²) in [6, 6.07) is 8.39. The Labute approximate surface area is 121 Å². The van der Waals surface area contributed by atoms with Gasteiger partial charge in [-0.25, -0.2) is 0 Å².